The summed E-state index contributed by atoms with van der Waals surface area (Å²) in [4.78, 5) is 31.5. The molecule has 0 saturated heterocycles. The van der Waals surface area contributed by atoms with Crippen molar-refractivity contribution in [3.05, 3.63) is 46.7 Å². The molecular formula is C19H20ClF3N4O3. The lowest BCUT2D eigenvalue weighted by Gasteiger charge is -2.14. The summed E-state index contributed by atoms with van der Waals surface area (Å²) in [5.41, 5.74) is -0.374. The number of halogens is 4. The highest BCUT2D eigenvalue weighted by atomic mass is 35.5. The zero-order valence-electron chi connectivity index (χ0n) is 16.1. The van der Waals surface area contributed by atoms with Crippen LogP contribution in [0.5, 0.6) is 5.88 Å². The fourth-order valence-electron chi connectivity index (χ4n) is 2.30. The minimum absolute atomic E-state index is 0.0392. The quantitative estimate of drug-likeness (QED) is 0.544. The van der Waals surface area contributed by atoms with Gasteiger partial charge in [-0.05, 0) is 24.6 Å². The molecule has 0 atom stereocenters. The van der Waals surface area contributed by atoms with Crippen molar-refractivity contribution >= 4 is 29.2 Å². The summed E-state index contributed by atoms with van der Waals surface area (Å²) in [6.45, 7) is 0.0349. The van der Waals surface area contributed by atoms with Crippen molar-refractivity contribution in [2.24, 2.45) is 0 Å². The van der Waals surface area contributed by atoms with Crippen LogP contribution in [0.2, 0.25) is 5.02 Å². The molecule has 0 aliphatic carbocycles. The molecule has 0 aliphatic rings. The van der Waals surface area contributed by atoms with Gasteiger partial charge in [-0.25, -0.2) is 14.4 Å². The average Bonchev–Trinajstić information content (AvgIpc) is 2.72. The Morgan fingerprint density at radius 3 is 2.70 bits per heavy atom. The number of amides is 2. The summed E-state index contributed by atoms with van der Waals surface area (Å²) < 4.78 is 44.2. The molecule has 2 N–H and O–H groups in total. The molecule has 162 valence electrons. The van der Waals surface area contributed by atoms with Crippen LogP contribution in [0.15, 0.2) is 30.6 Å². The molecule has 2 aromatic heterocycles. The van der Waals surface area contributed by atoms with E-state index >= 15 is 0 Å². The second-order valence-corrected chi connectivity index (χ2v) is 6.59. The maximum atomic E-state index is 13.3. The predicted octanol–water partition coefficient (Wildman–Crippen LogP) is 3.74. The van der Waals surface area contributed by atoms with Crippen molar-refractivity contribution < 1.29 is 27.5 Å². The van der Waals surface area contributed by atoms with Crippen LogP contribution < -0.4 is 15.4 Å². The number of hydrogen-bond donors (Lipinski definition) is 2. The number of rotatable bonds is 10. The Balaban J connectivity index is 1.86. The Bertz CT molecular complexity index is 899. The van der Waals surface area contributed by atoms with E-state index in [1.807, 2.05) is 6.92 Å². The molecule has 0 radical (unpaired) electrons. The standard InChI is InChI=1S/C19H20ClF3N4O3/c1-2-3-16(28)27-15-8-12(4-5-24-15)17(29)25-6-7-30-18-14(20)9-13(10-26-18)19(22,23)11-21/h4-5,8-10H,2-3,6-7,11H2,1H3,(H,25,29)(H,24,27,28). The monoisotopic (exact) mass is 444 g/mol. The Labute approximate surface area is 176 Å². The number of ether oxygens (including phenoxy) is 1. The van der Waals surface area contributed by atoms with E-state index in [9.17, 15) is 22.8 Å². The van der Waals surface area contributed by atoms with Gasteiger partial charge in [-0.3, -0.25) is 9.59 Å². The number of pyridine rings is 2. The van der Waals surface area contributed by atoms with Gasteiger partial charge in [0.15, 0.2) is 6.67 Å². The van der Waals surface area contributed by atoms with E-state index in [1.165, 1.54) is 18.3 Å². The van der Waals surface area contributed by atoms with Crippen molar-refractivity contribution in [3.8, 4) is 5.88 Å². The molecule has 0 saturated carbocycles. The van der Waals surface area contributed by atoms with Crippen LogP contribution in [-0.2, 0) is 10.7 Å². The first-order valence-corrected chi connectivity index (χ1v) is 9.41. The molecule has 2 aromatic rings. The van der Waals surface area contributed by atoms with Gasteiger partial charge in [0.05, 0.1) is 6.54 Å². The number of nitrogens with one attached hydrogen (secondary N) is 2. The van der Waals surface area contributed by atoms with Crippen molar-refractivity contribution in [1.29, 1.82) is 0 Å². The molecule has 30 heavy (non-hydrogen) atoms. The summed E-state index contributed by atoms with van der Waals surface area (Å²) in [5, 5.41) is 4.99. The Morgan fingerprint density at radius 1 is 1.27 bits per heavy atom. The molecule has 0 unspecified atom stereocenters. The van der Waals surface area contributed by atoms with Crippen molar-refractivity contribution in [2.45, 2.75) is 25.7 Å². The van der Waals surface area contributed by atoms with E-state index in [0.717, 1.165) is 12.3 Å². The fraction of sp³-hybridized carbons (Fsp3) is 0.368. The van der Waals surface area contributed by atoms with Crippen LogP contribution in [0, 0.1) is 0 Å². The zero-order chi connectivity index (χ0) is 22.1. The predicted molar refractivity (Wildman–Crippen MR) is 105 cm³/mol. The minimum atomic E-state index is -3.68. The SMILES string of the molecule is CCCC(=O)Nc1cc(C(=O)NCCOc2ncc(C(F)(F)CF)cc2Cl)ccn1. The summed E-state index contributed by atoms with van der Waals surface area (Å²) in [5.74, 6) is -4.16. The smallest absolute Gasteiger partial charge is 0.302 e. The number of anilines is 1. The number of carbonyl (C=O) groups excluding carboxylic acids is 2. The third-order valence-electron chi connectivity index (χ3n) is 3.79. The molecule has 0 aliphatic heterocycles. The second-order valence-electron chi connectivity index (χ2n) is 6.18. The highest BCUT2D eigenvalue weighted by Gasteiger charge is 2.32. The van der Waals surface area contributed by atoms with Gasteiger partial charge in [0.25, 0.3) is 5.91 Å². The van der Waals surface area contributed by atoms with E-state index < -0.39 is 24.1 Å². The number of alkyl halides is 3. The van der Waals surface area contributed by atoms with E-state index in [1.54, 1.807) is 0 Å². The Hall–Kier alpha value is -2.88. The molecule has 7 nitrogen and oxygen atoms in total. The molecule has 0 fully saturated rings. The van der Waals surface area contributed by atoms with E-state index in [2.05, 4.69) is 20.6 Å². The van der Waals surface area contributed by atoms with Gasteiger partial charge in [-0.15, -0.1) is 0 Å². The number of carbonyl (C=O) groups is 2. The van der Waals surface area contributed by atoms with Crippen LogP contribution in [-0.4, -0.2) is 41.6 Å². The number of aromatic nitrogens is 2. The first kappa shape index (κ1) is 23.4. The average molecular weight is 445 g/mol. The van der Waals surface area contributed by atoms with Gasteiger partial charge in [-0.1, -0.05) is 18.5 Å². The summed E-state index contributed by atoms with van der Waals surface area (Å²) >= 11 is 5.84. The fourth-order valence-corrected chi connectivity index (χ4v) is 2.52. The highest BCUT2D eigenvalue weighted by molar-refractivity contribution is 6.31. The third-order valence-corrected chi connectivity index (χ3v) is 4.06. The van der Waals surface area contributed by atoms with Crippen LogP contribution in [0.4, 0.5) is 19.0 Å². The minimum Gasteiger partial charge on any atom is -0.475 e. The summed E-state index contributed by atoms with van der Waals surface area (Å²) in [7, 11) is 0. The van der Waals surface area contributed by atoms with Crippen molar-refractivity contribution in [1.82, 2.24) is 15.3 Å². The van der Waals surface area contributed by atoms with Crippen molar-refractivity contribution in [2.75, 3.05) is 25.1 Å². The van der Waals surface area contributed by atoms with Gasteiger partial charge in [0.2, 0.25) is 11.8 Å². The summed E-state index contributed by atoms with van der Waals surface area (Å²) in [6, 6.07) is 3.80. The lowest BCUT2D eigenvalue weighted by Crippen LogP contribution is -2.28. The van der Waals surface area contributed by atoms with Crippen LogP contribution in [0.3, 0.4) is 0 Å². The largest absolute Gasteiger partial charge is 0.475 e. The first-order valence-electron chi connectivity index (χ1n) is 9.03. The lowest BCUT2D eigenvalue weighted by atomic mass is 10.2. The lowest BCUT2D eigenvalue weighted by molar-refractivity contribution is -0.116. The van der Waals surface area contributed by atoms with Crippen LogP contribution in [0.25, 0.3) is 0 Å². The molecular weight excluding hydrogens is 425 g/mol. The molecule has 11 heteroatoms. The molecule has 0 aromatic carbocycles. The van der Waals surface area contributed by atoms with Crippen molar-refractivity contribution in [3.63, 3.8) is 0 Å². The molecule has 2 rings (SSSR count). The highest BCUT2D eigenvalue weighted by Crippen LogP contribution is 2.32. The third kappa shape index (κ3) is 6.58. The second kappa shape index (κ2) is 10.8. The zero-order valence-corrected chi connectivity index (χ0v) is 16.8. The number of nitrogens with zero attached hydrogens (tertiary/aromatic N) is 2. The van der Waals surface area contributed by atoms with E-state index in [0.29, 0.717) is 12.8 Å². The van der Waals surface area contributed by atoms with Crippen LogP contribution in [0.1, 0.15) is 35.7 Å². The van der Waals surface area contributed by atoms with E-state index in [-0.39, 0.29) is 41.3 Å². The van der Waals surface area contributed by atoms with Gasteiger partial charge in [0, 0.05) is 29.9 Å². The van der Waals surface area contributed by atoms with Gasteiger partial charge >= 0.3 is 5.92 Å². The first-order chi connectivity index (χ1) is 14.3. The number of hydrogen-bond acceptors (Lipinski definition) is 5. The normalized spacial score (nSPS) is 11.1. The molecule has 2 amide bonds. The molecule has 0 spiro atoms. The van der Waals surface area contributed by atoms with Gasteiger partial charge < -0.3 is 15.4 Å². The molecule has 0 bridgehead atoms. The maximum Gasteiger partial charge on any atom is 0.302 e. The molecule has 2 heterocycles. The van der Waals surface area contributed by atoms with Gasteiger partial charge in [0.1, 0.15) is 17.4 Å². The van der Waals surface area contributed by atoms with Crippen LogP contribution >= 0.6 is 11.6 Å². The topological polar surface area (TPSA) is 93.2 Å². The Kier molecular flexibility index (Phi) is 8.40. The van der Waals surface area contributed by atoms with Gasteiger partial charge in [-0.2, -0.15) is 8.78 Å². The Morgan fingerprint density at radius 2 is 2.03 bits per heavy atom. The summed E-state index contributed by atoms with van der Waals surface area (Å²) in [6.07, 6.45) is 3.21. The maximum absolute atomic E-state index is 13.3. The van der Waals surface area contributed by atoms with E-state index in [4.69, 9.17) is 16.3 Å².